The predicted molar refractivity (Wildman–Crippen MR) is 100 cm³/mol. The number of amides is 2. The van der Waals surface area contributed by atoms with Crippen molar-refractivity contribution in [2.45, 2.75) is 51.5 Å². The van der Waals surface area contributed by atoms with Gasteiger partial charge in [0.25, 0.3) is 5.91 Å². The van der Waals surface area contributed by atoms with Crippen LogP contribution in [-0.4, -0.2) is 47.3 Å². The molecule has 2 amide bonds. The molecule has 1 aromatic heterocycles. The molecular weight excluding hydrogens is 328 g/mol. The van der Waals surface area contributed by atoms with Crippen LogP contribution in [0.1, 0.15) is 54.6 Å². The Kier molecular flexibility index (Phi) is 4.70. The standard InChI is InChI=1S/C21H26N2O3/c1-15-14-16-6-4-8-18(20(16)26-15)21(25)23-12-3-2-7-17(23)10-13-22-11-5-9-19(22)24/h4,6,8,14,17H,2-3,5,7,9-13H2,1H3/t17-/m0/s1. The number of rotatable bonds is 4. The zero-order valence-corrected chi connectivity index (χ0v) is 15.4. The number of carbonyl (C=O) groups excluding carboxylic acids is 2. The summed E-state index contributed by atoms with van der Waals surface area (Å²) in [6.07, 6.45) is 5.70. The number of para-hydroxylation sites is 1. The van der Waals surface area contributed by atoms with Crippen molar-refractivity contribution in [3.63, 3.8) is 0 Å². The van der Waals surface area contributed by atoms with Crippen molar-refractivity contribution in [2.24, 2.45) is 0 Å². The molecule has 1 atom stereocenters. The molecule has 2 saturated heterocycles. The molecule has 3 heterocycles. The summed E-state index contributed by atoms with van der Waals surface area (Å²) in [5, 5.41) is 0.976. The maximum atomic E-state index is 13.3. The van der Waals surface area contributed by atoms with E-state index in [9.17, 15) is 9.59 Å². The second-order valence-corrected chi connectivity index (χ2v) is 7.50. The first kappa shape index (κ1) is 17.1. The van der Waals surface area contributed by atoms with Gasteiger partial charge in [-0.05, 0) is 51.2 Å². The third kappa shape index (κ3) is 3.22. The Morgan fingerprint density at radius 3 is 2.92 bits per heavy atom. The average Bonchev–Trinajstić information content (AvgIpc) is 3.23. The fourth-order valence-electron chi connectivity index (χ4n) is 4.33. The molecule has 5 heteroatoms. The molecule has 2 aromatic rings. The van der Waals surface area contributed by atoms with E-state index >= 15 is 0 Å². The van der Waals surface area contributed by atoms with Gasteiger partial charge in [-0.3, -0.25) is 9.59 Å². The van der Waals surface area contributed by atoms with Gasteiger partial charge in [-0.25, -0.2) is 0 Å². The van der Waals surface area contributed by atoms with Gasteiger partial charge in [-0.15, -0.1) is 0 Å². The molecule has 0 spiro atoms. The number of likely N-dealkylation sites (tertiary alicyclic amines) is 2. The normalized spacial score (nSPS) is 21.0. The molecule has 2 aliphatic heterocycles. The van der Waals surface area contributed by atoms with E-state index in [2.05, 4.69) is 0 Å². The Hall–Kier alpha value is -2.30. The topological polar surface area (TPSA) is 53.8 Å². The van der Waals surface area contributed by atoms with Crippen molar-refractivity contribution in [2.75, 3.05) is 19.6 Å². The molecule has 0 radical (unpaired) electrons. The van der Waals surface area contributed by atoms with Crippen molar-refractivity contribution in [3.8, 4) is 0 Å². The summed E-state index contributed by atoms with van der Waals surface area (Å²) in [6.45, 7) is 4.32. The Balaban J connectivity index is 1.53. The van der Waals surface area contributed by atoms with Crippen LogP contribution >= 0.6 is 0 Å². The smallest absolute Gasteiger partial charge is 0.257 e. The molecule has 2 fully saturated rings. The summed E-state index contributed by atoms with van der Waals surface area (Å²) >= 11 is 0. The molecular formula is C21H26N2O3. The van der Waals surface area contributed by atoms with Gasteiger partial charge >= 0.3 is 0 Å². The highest BCUT2D eigenvalue weighted by Gasteiger charge is 2.30. The maximum Gasteiger partial charge on any atom is 0.257 e. The highest BCUT2D eigenvalue weighted by atomic mass is 16.3. The van der Waals surface area contributed by atoms with Crippen molar-refractivity contribution < 1.29 is 14.0 Å². The maximum absolute atomic E-state index is 13.3. The Labute approximate surface area is 153 Å². The summed E-state index contributed by atoms with van der Waals surface area (Å²) < 4.78 is 5.80. The van der Waals surface area contributed by atoms with Crippen LogP contribution in [0.5, 0.6) is 0 Å². The molecule has 4 rings (SSSR count). The van der Waals surface area contributed by atoms with Crippen molar-refractivity contribution in [1.82, 2.24) is 9.80 Å². The fraction of sp³-hybridized carbons (Fsp3) is 0.524. The third-order valence-electron chi connectivity index (χ3n) is 5.69. The van der Waals surface area contributed by atoms with Crippen LogP contribution in [-0.2, 0) is 4.79 Å². The van der Waals surface area contributed by atoms with Crippen LogP contribution in [0.4, 0.5) is 0 Å². The monoisotopic (exact) mass is 354 g/mol. The van der Waals surface area contributed by atoms with E-state index in [1.807, 2.05) is 41.0 Å². The number of benzene rings is 1. The lowest BCUT2D eigenvalue weighted by Gasteiger charge is -2.36. The number of nitrogens with zero attached hydrogens (tertiary/aromatic N) is 2. The lowest BCUT2D eigenvalue weighted by molar-refractivity contribution is -0.127. The first-order chi connectivity index (χ1) is 12.6. The molecule has 0 unspecified atom stereocenters. The summed E-state index contributed by atoms with van der Waals surface area (Å²) in [6, 6.07) is 7.94. The molecule has 1 aromatic carbocycles. The number of carbonyl (C=O) groups is 2. The first-order valence-corrected chi connectivity index (χ1v) is 9.71. The Morgan fingerprint density at radius 2 is 2.12 bits per heavy atom. The van der Waals surface area contributed by atoms with Crippen LogP contribution in [0.3, 0.4) is 0 Å². The molecule has 26 heavy (non-hydrogen) atoms. The predicted octanol–water partition coefficient (Wildman–Crippen LogP) is 3.75. The van der Waals surface area contributed by atoms with Crippen LogP contribution < -0.4 is 0 Å². The molecule has 138 valence electrons. The van der Waals surface area contributed by atoms with E-state index in [1.54, 1.807) is 0 Å². The number of aryl methyl sites for hydroxylation is 1. The lowest BCUT2D eigenvalue weighted by Crippen LogP contribution is -2.45. The summed E-state index contributed by atoms with van der Waals surface area (Å²) in [5.41, 5.74) is 1.34. The van der Waals surface area contributed by atoms with Crippen LogP contribution in [0.25, 0.3) is 11.0 Å². The van der Waals surface area contributed by atoms with Crippen molar-refractivity contribution in [3.05, 3.63) is 35.6 Å². The van der Waals surface area contributed by atoms with E-state index in [1.165, 1.54) is 0 Å². The zero-order chi connectivity index (χ0) is 18.1. The Morgan fingerprint density at radius 1 is 1.23 bits per heavy atom. The fourth-order valence-corrected chi connectivity index (χ4v) is 4.33. The van der Waals surface area contributed by atoms with Gasteiger partial charge in [0.15, 0.2) is 0 Å². The van der Waals surface area contributed by atoms with Gasteiger partial charge in [0, 0.05) is 37.5 Å². The van der Waals surface area contributed by atoms with Crippen LogP contribution in [0.2, 0.25) is 0 Å². The van der Waals surface area contributed by atoms with E-state index < -0.39 is 0 Å². The Bertz CT molecular complexity index is 826. The molecule has 0 saturated carbocycles. The van der Waals surface area contributed by atoms with Gasteiger partial charge in [-0.2, -0.15) is 0 Å². The number of hydrogen-bond acceptors (Lipinski definition) is 3. The molecule has 0 aliphatic carbocycles. The summed E-state index contributed by atoms with van der Waals surface area (Å²) in [5.74, 6) is 1.14. The van der Waals surface area contributed by atoms with E-state index in [-0.39, 0.29) is 17.9 Å². The molecule has 0 N–H and O–H groups in total. The van der Waals surface area contributed by atoms with Crippen LogP contribution in [0, 0.1) is 6.92 Å². The minimum atomic E-state index is 0.0578. The SMILES string of the molecule is Cc1cc2cccc(C(=O)N3CCCC[C@H]3CCN3CCCC3=O)c2o1. The lowest BCUT2D eigenvalue weighted by atomic mass is 9.97. The number of fused-ring (bicyclic) bond motifs is 1. The number of furan rings is 1. The number of piperidine rings is 1. The largest absolute Gasteiger partial charge is 0.461 e. The summed E-state index contributed by atoms with van der Waals surface area (Å²) in [4.78, 5) is 29.1. The van der Waals surface area contributed by atoms with Crippen molar-refractivity contribution in [1.29, 1.82) is 0 Å². The number of hydrogen-bond donors (Lipinski definition) is 0. The quantitative estimate of drug-likeness (QED) is 0.840. The van der Waals surface area contributed by atoms with Crippen LogP contribution in [0.15, 0.2) is 28.7 Å². The molecule has 2 aliphatic rings. The highest BCUT2D eigenvalue weighted by molar-refractivity contribution is 6.05. The van der Waals surface area contributed by atoms with Gasteiger partial charge < -0.3 is 14.2 Å². The second-order valence-electron chi connectivity index (χ2n) is 7.50. The van der Waals surface area contributed by atoms with E-state index in [4.69, 9.17) is 4.42 Å². The minimum absolute atomic E-state index is 0.0578. The summed E-state index contributed by atoms with van der Waals surface area (Å²) in [7, 11) is 0. The van der Waals surface area contributed by atoms with Gasteiger partial charge in [-0.1, -0.05) is 12.1 Å². The van der Waals surface area contributed by atoms with E-state index in [0.29, 0.717) is 17.6 Å². The van der Waals surface area contributed by atoms with Gasteiger partial charge in [0.1, 0.15) is 11.3 Å². The van der Waals surface area contributed by atoms with Crippen molar-refractivity contribution >= 4 is 22.8 Å². The highest BCUT2D eigenvalue weighted by Crippen LogP contribution is 2.28. The minimum Gasteiger partial charge on any atom is -0.461 e. The van der Waals surface area contributed by atoms with E-state index in [0.717, 1.165) is 62.9 Å². The molecule has 0 bridgehead atoms. The first-order valence-electron chi connectivity index (χ1n) is 9.71. The average molecular weight is 354 g/mol. The molecule has 5 nitrogen and oxygen atoms in total. The van der Waals surface area contributed by atoms with Gasteiger partial charge in [0.05, 0.1) is 5.56 Å². The zero-order valence-electron chi connectivity index (χ0n) is 15.4. The second kappa shape index (κ2) is 7.14. The van der Waals surface area contributed by atoms with Gasteiger partial charge in [0.2, 0.25) is 5.91 Å². The third-order valence-corrected chi connectivity index (χ3v) is 5.69.